The summed E-state index contributed by atoms with van der Waals surface area (Å²) in [5.74, 6) is 2.44. The summed E-state index contributed by atoms with van der Waals surface area (Å²) in [6.07, 6.45) is 3.59. The van der Waals surface area contributed by atoms with Crippen molar-refractivity contribution in [3.63, 3.8) is 0 Å². The quantitative estimate of drug-likeness (QED) is 0.856. The van der Waals surface area contributed by atoms with E-state index < -0.39 is 0 Å². The molecule has 0 bridgehead atoms. The first kappa shape index (κ1) is 14.9. The Kier molecular flexibility index (Phi) is 4.85. The number of amides is 1. The predicted molar refractivity (Wildman–Crippen MR) is 83.2 cm³/mol. The molecule has 6 heteroatoms. The predicted octanol–water partition coefficient (Wildman–Crippen LogP) is 1.95. The monoisotopic (exact) mass is 309 g/mol. The van der Waals surface area contributed by atoms with Crippen LogP contribution in [0.1, 0.15) is 31.6 Å². The Morgan fingerprint density at radius 3 is 3.24 bits per heavy atom. The number of hydrogen-bond acceptors (Lipinski definition) is 4. The largest absolute Gasteiger partial charge is 0.371 e. The van der Waals surface area contributed by atoms with Crippen molar-refractivity contribution in [2.45, 2.75) is 32.4 Å². The highest BCUT2D eigenvalue weighted by molar-refractivity contribution is 7.99. The number of rotatable bonds is 3. The minimum absolute atomic E-state index is 0.0462. The smallest absolute Gasteiger partial charge is 0.228 e. The van der Waals surface area contributed by atoms with Crippen LogP contribution in [0.5, 0.6) is 0 Å². The molecular formula is C15H23N3O2S. The number of ether oxygens (including phenoxy) is 1. The molecule has 0 spiro atoms. The van der Waals surface area contributed by atoms with Gasteiger partial charge in [0.25, 0.3) is 0 Å². The van der Waals surface area contributed by atoms with E-state index in [1.165, 1.54) is 0 Å². The van der Waals surface area contributed by atoms with Gasteiger partial charge in [-0.3, -0.25) is 9.48 Å². The molecule has 0 saturated carbocycles. The molecule has 21 heavy (non-hydrogen) atoms. The second kappa shape index (κ2) is 6.83. The standard InChI is InChI=1S/C15H23N3O2S/c1-2-18-13(4-6-16-18)14-12(5-9-20-14)15(19)17-7-3-10-21-11-8-17/h4,6,12,14H,2-3,5,7-11H2,1H3/t12-,14-/m1/s1. The van der Waals surface area contributed by atoms with Gasteiger partial charge < -0.3 is 9.64 Å². The van der Waals surface area contributed by atoms with Crippen LogP contribution in [0.4, 0.5) is 0 Å². The van der Waals surface area contributed by atoms with E-state index in [9.17, 15) is 4.79 Å². The lowest BCUT2D eigenvalue weighted by Crippen LogP contribution is -2.39. The molecule has 3 heterocycles. The van der Waals surface area contributed by atoms with Crippen molar-refractivity contribution in [1.29, 1.82) is 0 Å². The highest BCUT2D eigenvalue weighted by Crippen LogP contribution is 2.36. The van der Waals surface area contributed by atoms with E-state index in [1.54, 1.807) is 6.20 Å². The second-order valence-corrected chi connectivity index (χ2v) is 6.77. The molecule has 3 rings (SSSR count). The maximum atomic E-state index is 12.9. The zero-order chi connectivity index (χ0) is 14.7. The molecule has 2 atom stereocenters. The molecule has 1 aromatic rings. The van der Waals surface area contributed by atoms with Gasteiger partial charge in [-0.25, -0.2) is 0 Å². The average Bonchev–Trinajstić information content (AvgIpc) is 3.08. The van der Waals surface area contributed by atoms with Crippen molar-refractivity contribution in [2.75, 3.05) is 31.2 Å². The molecule has 0 aliphatic carbocycles. The highest BCUT2D eigenvalue weighted by Gasteiger charge is 2.39. The van der Waals surface area contributed by atoms with Crippen molar-refractivity contribution in [1.82, 2.24) is 14.7 Å². The van der Waals surface area contributed by atoms with E-state index in [2.05, 4.69) is 12.0 Å². The molecule has 2 aliphatic heterocycles. The average molecular weight is 309 g/mol. The molecule has 0 unspecified atom stereocenters. The molecule has 0 N–H and O–H groups in total. The Hall–Kier alpha value is -1.01. The molecule has 116 valence electrons. The van der Waals surface area contributed by atoms with E-state index >= 15 is 0 Å². The van der Waals surface area contributed by atoms with Crippen molar-refractivity contribution < 1.29 is 9.53 Å². The van der Waals surface area contributed by atoms with Gasteiger partial charge in [-0.15, -0.1) is 0 Å². The lowest BCUT2D eigenvalue weighted by Gasteiger charge is -2.26. The van der Waals surface area contributed by atoms with Crippen LogP contribution >= 0.6 is 11.8 Å². The first-order chi connectivity index (χ1) is 10.3. The zero-order valence-electron chi connectivity index (χ0n) is 12.5. The fourth-order valence-electron chi connectivity index (χ4n) is 3.18. The Morgan fingerprint density at radius 2 is 2.38 bits per heavy atom. The maximum Gasteiger partial charge on any atom is 0.228 e. The van der Waals surface area contributed by atoms with Gasteiger partial charge in [-0.2, -0.15) is 16.9 Å². The third-order valence-electron chi connectivity index (χ3n) is 4.28. The number of carbonyl (C=O) groups excluding carboxylic acids is 1. The summed E-state index contributed by atoms with van der Waals surface area (Å²) < 4.78 is 7.82. The summed E-state index contributed by atoms with van der Waals surface area (Å²) in [6.45, 7) is 5.30. The first-order valence-electron chi connectivity index (χ1n) is 7.81. The van der Waals surface area contributed by atoms with Gasteiger partial charge in [0, 0.05) is 38.2 Å². The van der Waals surface area contributed by atoms with Crippen LogP contribution in [0.25, 0.3) is 0 Å². The summed E-state index contributed by atoms with van der Waals surface area (Å²) in [5.41, 5.74) is 1.04. The Bertz CT molecular complexity index is 483. The summed E-state index contributed by atoms with van der Waals surface area (Å²) in [4.78, 5) is 14.9. The third-order valence-corrected chi connectivity index (χ3v) is 5.33. The van der Waals surface area contributed by atoms with Crippen molar-refractivity contribution in [3.8, 4) is 0 Å². The van der Waals surface area contributed by atoms with Gasteiger partial charge in [-0.05, 0) is 31.6 Å². The van der Waals surface area contributed by atoms with Gasteiger partial charge in [0.1, 0.15) is 6.10 Å². The van der Waals surface area contributed by atoms with Gasteiger partial charge in [0.2, 0.25) is 5.91 Å². The Labute approximate surface area is 130 Å². The van der Waals surface area contributed by atoms with Crippen molar-refractivity contribution >= 4 is 17.7 Å². The van der Waals surface area contributed by atoms with Gasteiger partial charge in [-0.1, -0.05) is 0 Å². The summed E-state index contributed by atoms with van der Waals surface area (Å²) in [5, 5.41) is 4.31. The summed E-state index contributed by atoms with van der Waals surface area (Å²) in [7, 11) is 0. The van der Waals surface area contributed by atoms with E-state index in [4.69, 9.17) is 4.74 Å². The van der Waals surface area contributed by atoms with Crippen LogP contribution < -0.4 is 0 Å². The van der Waals surface area contributed by atoms with E-state index in [0.29, 0.717) is 6.61 Å². The van der Waals surface area contributed by atoms with Crippen LogP contribution in [-0.2, 0) is 16.1 Å². The second-order valence-electron chi connectivity index (χ2n) is 5.55. The summed E-state index contributed by atoms with van der Waals surface area (Å²) >= 11 is 1.94. The molecule has 2 saturated heterocycles. The third kappa shape index (κ3) is 3.11. The Balaban J connectivity index is 1.75. The van der Waals surface area contributed by atoms with Gasteiger partial charge in [0.15, 0.2) is 0 Å². The number of hydrogen-bond donors (Lipinski definition) is 0. The fourth-order valence-corrected chi connectivity index (χ4v) is 4.07. The van der Waals surface area contributed by atoms with E-state index in [1.807, 2.05) is 27.4 Å². The van der Waals surface area contributed by atoms with E-state index in [0.717, 1.165) is 49.7 Å². The van der Waals surface area contributed by atoms with Crippen LogP contribution in [0.2, 0.25) is 0 Å². The van der Waals surface area contributed by atoms with Crippen LogP contribution in [0.3, 0.4) is 0 Å². The lowest BCUT2D eigenvalue weighted by atomic mass is 9.97. The minimum atomic E-state index is -0.129. The maximum absolute atomic E-state index is 12.9. The van der Waals surface area contributed by atoms with Crippen LogP contribution in [0, 0.1) is 5.92 Å². The molecule has 2 aliphatic rings. The van der Waals surface area contributed by atoms with Crippen molar-refractivity contribution in [2.24, 2.45) is 5.92 Å². The molecule has 2 fully saturated rings. The van der Waals surface area contributed by atoms with Gasteiger partial charge in [0.05, 0.1) is 11.6 Å². The van der Waals surface area contributed by atoms with E-state index in [-0.39, 0.29) is 17.9 Å². The normalized spacial score (nSPS) is 26.8. The number of carbonyl (C=O) groups is 1. The SMILES string of the molecule is CCn1nccc1[C@@H]1OCC[C@H]1C(=O)N1CCCSCC1. The number of nitrogens with zero attached hydrogens (tertiary/aromatic N) is 3. The molecular weight excluding hydrogens is 286 g/mol. The molecule has 0 radical (unpaired) electrons. The molecule has 0 aromatic carbocycles. The first-order valence-corrected chi connectivity index (χ1v) is 8.96. The minimum Gasteiger partial charge on any atom is -0.371 e. The highest BCUT2D eigenvalue weighted by atomic mass is 32.2. The van der Waals surface area contributed by atoms with Crippen LogP contribution in [0.15, 0.2) is 12.3 Å². The number of thioether (sulfide) groups is 1. The number of aryl methyl sites for hydroxylation is 1. The Morgan fingerprint density at radius 1 is 1.48 bits per heavy atom. The number of aromatic nitrogens is 2. The zero-order valence-corrected chi connectivity index (χ0v) is 13.3. The fraction of sp³-hybridized carbons (Fsp3) is 0.733. The van der Waals surface area contributed by atoms with Crippen LogP contribution in [-0.4, -0.2) is 51.8 Å². The lowest BCUT2D eigenvalue weighted by molar-refractivity contribution is -0.137. The van der Waals surface area contributed by atoms with Crippen molar-refractivity contribution in [3.05, 3.63) is 18.0 Å². The molecule has 1 amide bonds. The topological polar surface area (TPSA) is 47.4 Å². The van der Waals surface area contributed by atoms with Gasteiger partial charge >= 0.3 is 0 Å². The molecule has 5 nitrogen and oxygen atoms in total. The molecule has 1 aromatic heterocycles. The summed E-state index contributed by atoms with van der Waals surface area (Å²) in [6, 6.07) is 1.98.